The van der Waals surface area contributed by atoms with Crippen LogP contribution in [0.2, 0.25) is 0 Å². The first-order chi connectivity index (χ1) is 4.63. The molecule has 54 valence electrons. The molecule has 2 heteroatoms. The van der Waals surface area contributed by atoms with Gasteiger partial charge >= 0.3 is 0 Å². The van der Waals surface area contributed by atoms with E-state index in [1.807, 2.05) is 31.8 Å². The second-order valence-corrected chi connectivity index (χ2v) is 2.55. The maximum atomic E-state index is 4.09. The monoisotopic (exact) mass is 136 g/mol. The van der Waals surface area contributed by atoms with Crippen molar-refractivity contribution >= 4 is 5.57 Å². The third-order valence-electron chi connectivity index (χ3n) is 1.70. The Kier molecular flexibility index (Phi) is 1.62. The van der Waals surface area contributed by atoms with Crippen LogP contribution >= 0.6 is 0 Å². The normalized spacial score (nSPS) is 9.90. The van der Waals surface area contributed by atoms with Crippen LogP contribution in [0.3, 0.4) is 0 Å². The number of aromatic nitrogens is 2. The Hall–Kier alpha value is -1.05. The number of nitrogens with zero attached hydrogens (tertiary/aromatic N) is 2. The van der Waals surface area contributed by atoms with Gasteiger partial charge in [-0.25, -0.2) is 0 Å². The number of aryl methyl sites for hydroxylation is 1. The van der Waals surface area contributed by atoms with E-state index in [1.54, 1.807) is 0 Å². The molecule has 0 aromatic carbocycles. The van der Waals surface area contributed by atoms with Gasteiger partial charge in [-0.05, 0) is 19.4 Å². The van der Waals surface area contributed by atoms with E-state index >= 15 is 0 Å². The molecule has 0 saturated heterocycles. The van der Waals surface area contributed by atoms with Crippen molar-refractivity contribution in [3.63, 3.8) is 0 Å². The van der Waals surface area contributed by atoms with Crippen molar-refractivity contribution in [2.24, 2.45) is 7.05 Å². The summed E-state index contributed by atoms with van der Waals surface area (Å²) in [6.07, 6.45) is 1.84. The van der Waals surface area contributed by atoms with Gasteiger partial charge in [0.2, 0.25) is 0 Å². The summed E-state index contributed by atoms with van der Waals surface area (Å²) >= 11 is 0. The van der Waals surface area contributed by atoms with Crippen molar-refractivity contribution in [2.45, 2.75) is 13.8 Å². The van der Waals surface area contributed by atoms with E-state index in [4.69, 9.17) is 0 Å². The molecule has 0 spiro atoms. The Balaban J connectivity index is 3.17. The Labute approximate surface area is 61.2 Å². The van der Waals surface area contributed by atoms with E-state index in [-0.39, 0.29) is 0 Å². The van der Waals surface area contributed by atoms with Gasteiger partial charge in [0.25, 0.3) is 0 Å². The predicted molar refractivity (Wildman–Crippen MR) is 42.7 cm³/mol. The minimum atomic E-state index is 1.07. The molecule has 10 heavy (non-hydrogen) atoms. The van der Waals surface area contributed by atoms with Gasteiger partial charge in [-0.2, -0.15) is 5.10 Å². The molecule has 0 bridgehead atoms. The fourth-order valence-electron chi connectivity index (χ4n) is 0.918. The number of rotatable bonds is 1. The van der Waals surface area contributed by atoms with Gasteiger partial charge in [-0.1, -0.05) is 6.58 Å². The zero-order valence-electron chi connectivity index (χ0n) is 6.68. The second kappa shape index (κ2) is 2.29. The highest BCUT2D eigenvalue weighted by Gasteiger charge is 2.01. The maximum absolute atomic E-state index is 4.09. The molecule has 1 rings (SSSR count). The smallest absolute Gasteiger partial charge is 0.0567 e. The van der Waals surface area contributed by atoms with Gasteiger partial charge in [-0.15, -0.1) is 0 Å². The lowest BCUT2D eigenvalue weighted by atomic mass is 10.1. The summed E-state index contributed by atoms with van der Waals surface area (Å²) in [5.74, 6) is 0. The van der Waals surface area contributed by atoms with Crippen LogP contribution in [0.1, 0.15) is 18.2 Å². The van der Waals surface area contributed by atoms with E-state index < -0.39 is 0 Å². The van der Waals surface area contributed by atoms with E-state index in [0.29, 0.717) is 0 Å². The van der Waals surface area contributed by atoms with Crippen molar-refractivity contribution < 1.29 is 0 Å². The topological polar surface area (TPSA) is 17.8 Å². The van der Waals surface area contributed by atoms with Gasteiger partial charge in [0.15, 0.2) is 0 Å². The minimum Gasteiger partial charge on any atom is -0.272 e. The molecule has 0 unspecified atom stereocenters. The number of hydrogen-bond donors (Lipinski definition) is 0. The molecule has 0 radical (unpaired) electrons. The summed E-state index contributed by atoms with van der Waals surface area (Å²) < 4.78 is 1.85. The Morgan fingerprint density at radius 1 is 1.70 bits per heavy atom. The van der Waals surface area contributed by atoms with Crippen molar-refractivity contribution in [2.75, 3.05) is 0 Å². The summed E-state index contributed by atoms with van der Waals surface area (Å²) in [6, 6.07) is 0. The van der Waals surface area contributed by atoms with Crippen LogP contribution in [-0.2, 0) is 7.05 Å². The highest BCUT2D eigenvalue weighted by Crippen LogP contribution is 2.14. The third-order valence-corrected chi connectivity index (χ3v) is 1.70. The number of allylic oxidation sites excluding steroid dienone is 1. The van der Waals surface area contributed by atoms with E-state index in [1.165, 1.54) is 5.69 Å². The molecule has 1 heterocycles. The van der Waals surface area contributed by atoms with E-state index in [9.17, 15) is 0 Å². The summed E-state index contributed by atoms with van der Waals surface area (Å²) in [7, 11) is 1.93. The molecule has 0 aliphatic heterocycles. The van der Waals surface area contributed by atoms with Crippen LogP contribution in [0, 0.1) is 6.92 Å². The average molecular weight is 136 g/mol. The molecule has 1 aromatic heterocycles. The van der Waals surface area contributed by atoms with Crippen molar-refractivity contribution in [1.82, 2.24) is 9.78 Å². The van der Waals surface area contributed by atoms with Gasteiger partial charge in [0.1, 0.15) is 0 Å². The molecular formula is C8H12N2. The first-order valence-corrected chi connectivity index (χ1v) is 3.27. The zero-order chi connectivity index (χ0) is 7.72. The van der Waals surface area contributed by atoms with Crippen molar-refractivity contribution in [3.05, 3.63) is 24.0 Å². The quantitative estimate of drug-likeness (QED) is 0.575. The zero-order valence-corrected chi connectivity index (χ0v) is 6.68. The Morgan fingerprint density at radius 2 is 2.30 bits per heavy atom. The van der Waals surface area contributed by atoms with Gasteiger partial charge < -0.3 is 0 Å². The molecule has 0 aliphatic carbocycles. The summed E-state index contributed by atoms with van der Waals surface area (Å²) in [5, 5.41) is 4.09. The lowest BCUT2D eigenvalue weighted by molar-refractivity contribution is 0.739. The molecule has 0 aliphatic rings. The lowest BCUT2D eigenvalue weighted by Crippen LogP contribution is -1.92. The molecule has 0 N–H and O–H groups in total. The van der Waals surface area contributed by atoms with Crippen LogP contribution in [0.4, 0.5) is 0 Å². The number of hydrogen-bond acceptors (Lipinski definition) is 1. The fraction of sp³-hybridized carbons (Fsp3) is 0.375. The highest BCUT2D eigenvalue weighted by atomic mass is 15.3. The molecule has 0 atom stereocenters. The van der Waals surface area contributed by atoms with Crippen molar-refractivity contribution in [3.8, 4) is 0 Å². The van der Waals surface area contributed by atoms with E-state index in [0.717, 1.165) is 11.1 Å². The molecular weight excluding hydrogens is 124 g/mol. The van der Waals surface area contributed by atoms with Crippen LogP contribution in [0.25, 0.3) is 5.57 Å². The maximum Gasteiger partial charge on any atom is 0.0567 e. The standard InChI is InChI=1S/C8H12N2/c1-6(2)8-5-9-10(4)7(8)3/h5H,1H2,2-4H3. The average Bonchev–Trinajstić information content (AvgIpc) is 2.14. The molecule has 0 saturated carbocycles. The van der Waals surface area contributed by atoms with Crippen LogP contribution in [-0.4, -0.2) is 9.78 Å². The highest BCUT2D eigenvalue weighted by molar-refractivity contribution is 5.62. The van der Waals surface area contributed by atoms with Gasteiger partial charge in [-0.3, -0.25) is 4.68 Å². The predicted octanol–water partition coefficient (Wildman–Crippen LogP) is 1.76. The SMILES string of the molecule is C=C(C)c1cnn(C)c1C. The molecule has 2 nitrogen and oxygen atoms in total. The second-order valence-electron chi connectivity index (χ2n) is 2.55. The summed E-state index contributed by atoms with van der Waals surface area (Å²) in [6.45, 7) is 7.88. The first kappa shape index (κ1) is 7.06. The first-order valence-electron chi connectivity index (χ1n) is 3.27. The lowest BCUT2D eigenvalue weighted by Gasteiger charge is -1.96. The van der Waals surface area contributed by atoms with Gasteiger partial charge in [0, 0.05) is 18.3 Å². The molecule has 0 fully saturated rings. The summed E-state index contributed by atoms with van der Waals surface area (Å²) in [5.41, 5.74) is 3.40. The van der Waals surface area contributed by atoms with Crippen LogP contribution in [0.5, 0.6) is 0 Å². The third kappa shape index (κ3) is 0.967. The fourth-order valence-corrected chi connectivity index (χ4v) is 0.918. The van der Waals surface area contributed by atoms with Gasteiger partial charge in [0.05, 0.1) is 6.20 Å². The van der Waals surface area contributed by atoms with Crippen molar-refractivity contribution in [1.29, 1.82) is 0 Å². The minimum absolute atomic E-state index is 1.07. The van der Waals surface area contributed by atoms with Crippen LogP contribution < -0.4 is 0 Å². The molecule has 1 aromatic rings. The van der Waals surface area contributed by atoms with E-state index in [2.05, 4.69) is 11.7 Å². The largest absolute Gasteiger partial charge is 0.272 e. The summed E-state index contributed by atoms with van der Waals surface area (Å²) in [4.78, 5) is 0. The van der Waals surface area contributed by atoms with Crippen LogP contribution in [0.15, 0.2) is 12.8 Å². The molecule has 0 amide bonds. The Bertz CT molecular complexity index is 258. The Morgan fingerprint density at radius 3 is 2.50 bits per heavy atom.